The summed E-state index contributed by atoms with van der Waals surface area (Å²) in [4.78, 5) is 11.8. The van der Waals surface area contributed by atoms with Crippen LogP contribution in [0, 0.1) is 5.92 Å². The van der Waals surface area contributed by atoms with Crippen molar-refractivity contribution in [2.75, 3.05) is 20.3 Å². The van der Waals surface area contributed by atoms with Gasteiger partial charge in [0.1, 0.15) is 5.75 Å². The fraction of sp³-hybridized carbons (Fsp3) is 0.562. The van der Waals surface area contributed by atoms with Gasteiger partial charge in [-0.05, 0) is 31.7 Å². The van der Waals surface area contributed by atoms with E-state index in [9.17, 15) is 4.79 Å². The Kier molecular flexibility index (Phi) is 5.87. The second-order valence-corrected chi connectivity index (χ2v) is 5.45. The summed E-state index contributed by atoms with van der Waals surface area (Å²) in [7, 11) is 1.63. The highest BCUT2D eigenvalue weighted by atomic mass is 16.5. The molecule has 1 aromatic rings. The van der Waals surface area contributed by atoms with E-state index in [-0.39, 0.29) is 6.03 Å². The van der Waals surface area contributed by atoms with Gasteiger partial charge in [0.2, 0.25) is 0 Å². The smallest absolute Gasteiger partial charge is 0.315 e. The first-order chi connectivity index (χ1) is 10.2. The van der Waals surface area contributed by atoms with Crippen molar-refractivity contribution in [1.29, 1.82) is 0 Å². The number of carbonyl (C=O) groups excluding carboxylic acids is 1. The Balaban J connectivity index is 1.72. The Morgan fingerprint density at radius 1 is 1.38 bits per heavy atom. The van der Waals surface area contributed by atoms with Gasteiger partial charge in [0.15, 0.2) is 0 Å². The van der Waals surface area contributed by atoms with Crippen molar-refractivity contribution in [2.45, 2.75) is 32.4 Å². The first-order valence-electron chi connectivity index (χ1n) is 7.44. The molecule has 2 rings (SSSR count). The predicted octanol–water partition coefficient (Wildman–Crippen LogP) is 2.31. The van der Waals surface area contributed by atoms with Crippen molar-refractivity contribution in [3.63, 3.8) is 0 Å². The maximum Gasteiger partial charge on any atom is 0.315 e. The number of benzene rings is 1. The number of methoxy groups -OCH3 is 1. The highest BCUT2D eigenvalue weighted by Crippen LogP contribution is 2.19. The van der Waals surface area contributed by atoms with Crippen LogP contribution in [0.1, 0.15) is 25.3 Å². The first-order valence-corrected chi connectivity index (χ1v) is 7.44. The van der Waals surface area contributed by atoms with Gasteiger partial charge in [0.05, 0.1) is 13.2 Å². The van der Waals surface area contributed by atoms with Gasteiger partial charge in [-0.1, -0.05) is 18.2 Å². The molecule has 1 aliphatic rings. The number of nitrogens with one attached hydrogen (secondary N) is 2. The molecule has 1 aliphatic heterocycles. The number of para-hydroxylation sites is 1. The standard InChI is InChI=1S/C16H24N2O3/c1-12-9-13(7-8-21-12)10-17-16(19)18-11-14-5-3-4-6-15(14)20-2/h3-6,12-13H,7-11H2,1-2H3,(H2,17,18,19)/t12-,13-/m0/s1. The predicted molar refractivity (Wildman–Crippen MR) is 81.4 cm³/mol. The average Bonchev–Trinajstić information content (AvgIpc) is 2.51. The molecule has 0 saturated carbocycles. The zero-order chi connectivity index (χ0) is 15.1. The van der Waals surface area contributed by atoms with E-state index in [2.05, 4.69) is 17.6 Å². The van der Waals surface area contributed by atoms with Crippen LogP contribution >= 0.6 is 0 Å². The van der Waals surface area contributed by atoms with Crippen molar-refractivity contribution in [2.24, 2.45) is 5.92 Å². The fourth-order valence-electron chi connectivity index (χ4n) is 2.60. The van der Waals surface area contributed by atoms with E-state index in [1.165, 1.54) is 0 Å². The van der Waals surface area contributed by atoms with Gasteiger partial charge in [0.25, 0.3) is 0 Å². The summed E-state index contributed by atoms with van der Waals surface area (Å²) in [5.74, 6) is 1.29. The molecule has 1 fully saturated rings. The summed E-state index contributed by atoms with van der Waals surface area (Å²) in [6.07, 6.45) is 2.31. The number of hydrogen-bond acceptors (Lipinski definition) is 3. The van der Waals surface area contributed by atoms with E-state index in [1.54, 1.807) is 7.11 Å². The summed E-state index contributed by atoms with van der Waals surface area (Å²) in [5, 5.41) is 5.80. The fourth-order valence-corrected chi connectivity index (χ4v) is 2.60. The Bertz CT molecular complexity index is 465. The molecule has 2 amide bonds. The third kappa shape index (κ3) is 4.93. The summed E-state index contributed by atoms with van der Waals surface area (Å²) in [6, 6.07) is 7.53. The third-order valence-electron chi connectivity index (χ3n) is 3.78. The van der Waals surface area contributed by atoms with Crippen LogP contribution in [0.25, 0.3) is 0 Å². The van der Waals surface area contributed by atoms with E-state index in [0.29, 0.717) is 25.1 Å². The van der Waals surface area contributed by atoms with Crippen molar-refractivity contribution in [3.8, 4) is 5.75 Å². The van der Waals surface area contributed by atoms with Gasteiger partial charge in [-0.15, -0.1) is 0 Å². The van der Waals surface area contributed by atoms with Crippen LogP contribution in [-0.4, -0.2) is 32.4 Å². The molecule has 2 atom stereocenters. The highest BCUT2D eigenvalue weighted by molar-refractivity contribution is 5.73. The topological polar surface area (TPSA) is 59.6 Å². The molecule has 1 saturated heterocycles. The van der Waals surface area contributed by atoms with Crippen LogP contribution in [0.5, 0.6) is 5.75 Å². The van der Waals surface area contributed by atoms with Crippen LogP contribution in [0.3, 0.4) is 0 Å². The minimum absolute atomic E-state index is 0.139. The molecule has 1 aromatic carbocycles. The van der Waals surface area contributed by atoms with Crippen LogP contribution < -0.4 is 15.4 Å². The van der Waals surface area contributed by atoms with Gasteiger partial charge in [-0.3, -0.25) is 0 Å². The lowest BCUT2D eigenvalue weighted by Gasteiger charge is -2.27. The molecular weight excluding hydrogens is 268 g/mol. The minimum atomic E-state index is -0.139. The largest absolute Gasteiger partial charge is 0.496 e. The molecule has 5 nitrogen and oxygen atoms in total. The molecule has 0 aromatic heterocycles. The summed E-state index contributed by atoms with van der Waals surface area (Å²) in [5.41, 5.74) is 0.967. The Labute approximate surface area is 126 Å². The maximum absolute atomic E-state index is 11.8. The van der Waals surface area contributed by atoms with Gasteiger partial charge in [0, 0.05) is 25.3 Å². The molecule has 21 heavy (non-hydrogen) atoms. The SMILES string of the molecule is COc1ccccc1CNC(=O)NC[C@H]1CCO[C@@H](C)C1. The number of ether oxygens (including phenoxy) is 2. The third-order valence-corrected chi connectivity index (χ3v) is 3.78. The van der Waals surface area contributed by atoms with Crippen molar-refractivity contribution in [1.82, 2.24) is 10.6 Å². The van der Waals surface area contributed by atoms with Crippen LogP contribution in [0.2, 0.25) is 0 Å². The molecular formula is C16H24N2O3. The second kappa shape index (κ2) is 7.88. The maximum atomic E-state index is 11.8. The monoisotopic (exact) mass is 292 g/mol. The Hall–Kier alpha value is -1.75. The van der Waals surface area contributed by atoms with Crippen molar-refractivity contribution < 1.29 is 14.3 Å². The zero-order valence-corrected chi connectivity index (χ0v) is 12.7. The number of amides is 2. The molecule has 116 valence electrons. The highest BCUT2D eigenvalue weighted by Gasteiger charge is 2.19. The second-order valence-electron chi connectivity index (χ2n) is 5.45. The molecule has 0 radical (unpaired) electrons. The lowest BCUT2D eigenvalue weighted by molar-refractivity contribution is 0.00346. The molecule has 2 N–H and O–H groups in total. The van der Waals surface area contributed by atoms with Crippen LogP contribution in [0.4, 0.5) is 4.79 Å². The zero-order valence-electron chi connectivity index (χ0n) is 12.7. The first kappa shape index (κ1) is 15.6. The lowest BCUT2D eigenvalue weighted by Crippen LogP contribution is -2.39. The molecule has 0 spiro atoms. The van der Waals surface area contributed by atoms with Gasteiger partial charge < -0.3 is 20.1 Å². The minimum Gasteiger partial charge on any atom is -0.496 e. The van der Waals surface area contributed by atoms with E-state index < -0.39 is 0 Å². The Morgan fingerprint density at radius 2 is 2.19 bits per heavy atom. The quantitative estimate of drug-likeness (QED) is 0.875. The van der Waals surface area contributed by atoms with Crippen molar-refractivity contribution in [3.05, 3.63) is 29.8 Å². The number of carbonyl (C=O) groups is 1. The van der Waals surface area contributed by atoms with E-state index >= 15 is 0 Å². The number of rotatable bonds is 5. The van der Waals surface area contributed by atoms with Crippen molar-refractivity contribution >= 4 is 6.03 Å². The van der Waals surface area contributed by atoms with Gasteiger partial charge in [-0.2, -0.15) is 0 Å². The van der Waals surface area contributed by atoms with Gasteiger partial charge in [-0.25, -0.2) is 4.79 Å². The van der Waals surface area contributed by atoms with E-state index in [4.69, 9.17) is 9.47 Å². The van der Waals surface area contributed by atoms with Crippen LogP contribution in [0.15, 0.2) is 24.3 Å². The number of urea groups is 1. The lowest BCUT2D eigenvalue weighted by atomic mass is 9.96. The number of hydrogen-bond donors (Lipinski definition) is 2. The van der Waals surface area contributed by atoms with Crippen LogP contribution in [-0.2, 0) is 11.3 Å². The molecule has 1 heterocycles. The van der Waals surface area contributed by atoms with E-state index in [0.717, 1.165) is 30.8 Å². The van der Waals surface area contributed by atoms with E-state index in [1.807, 2.05) is 24.3 Å². The molecule has 0 bridgehead atoms. The van der Waals surface area contributed by atoms with Gasteiger partial charge >= 0.3 is 6.03 Å². The molecule has 0 unspecified atom stereocenters. The summed E-state index contributed by atoms with van der Waals surface area (Å²) < 4.78 is 10.8. The molecule has 0 aliphatic carbocycles. The summed E-state index contributed by atoms with van der Waals surface area (Å²) in [6.45, 7) is 4.02. The Morgan fingerprint density at radius 3 is 2.95 bits per heavy atom. The molecule has 5 heteroatoms. The average molecular weight is 292 g/mol. The summed E-state index contributed by atoms with van der Waals surface area (Å²) >= 11 is 0. The normalized spacial score (nSPS) is 21.6.